The van der Waals surface area contributed by atoms with Crippen LogP contribution < -0.4 is 5.32 Å². The number of halogens is 2. The molecule has 1 aliphatic rings. The number of hydrogen-bond acceptors (Lipinski definition) is 3. The van der Waals surface area contributed by atoms with Gasteiger partial charge in [-0.1, -0.05) is 25.3 Å². The van der Waals surface area contributed by atoms with Crippen LogP contribution in [0.2, 0.25) is 0 Å². The molecule has 0 aromatic carbocycles. The molecule has 1 aromatic rings. The lowest BCUT2D eigenvalue weighted by atomic mass is 9.80. The fraction of sp³-hybridized carbons (Fsp3) is 0.571. The van der Waals surface area contributed by atoms with Gasteiger partial charge in [0, 0.05) is 6.20 Å². The molecule has 1 fully saturated rings. The Hall–Kier alpha value is -1.56. The Balaban J connectivity index is 1.96. The van der Waals surface area contributed by atoms with Crippen molar-refractivity contribution >= 4 is 5.91 Å². The standard InChI is InChI=1S/C14H18F2N2O2/c15-14(16,13(20)7-3-1-4-8-13)10-18-12(19)11-6-2-5-9-17-11/h2,5-6,9,20H,1,3-4,7-8,10H2,(H,18,19). The van der Waals surface area contributed by atoms with E-state index >= 15 is 0 Å². The first-order valence-electron chi connectivity index (χ1n) is 6.74. The van der Waals surface area contributed by atoms with Crippen LogP contribution in [0.25, 0.3) is 0 Å². The Bertz CT molecular complexity index is 460. The van der Waals surface area contributed by atoms with Gasteiger partial charge in [0.2, 0.25) is 0 Å². The first kappa shape index (κ1) is 14.8. The molecular weight excluding hydrogens is 266 g/mol. The molecule has 0 aliphatic heterocycles. The number of nitrogens with one attached hydrogen (secondary N) is 1. The summed E-state index contributed by atoms with van der Waals surface area (Å²) in [5.74, 6) is -4.00. The minimum absolute atomic E-state index is 0.0689. The third-order valence-electron chi connectivity index (χ3n) is 3.73. The highest BCUT2D eigenvalue weighted by molar-refractivity contribution is 5.92. The van der Waals surface area contributed by atoms with E-state index in [1.807, 2.05) is 0 Å². The second-order valence-corrected chi connectivity index (χ2v) is 5.19. The van der Waals surface area contributed by atoms with E-state index in [2.05, 4.69) is 10.3 Å². The van der Waals surface area contributed by atoms with Gasteiger partial charge in [-0.25, -0.2) is 8.78 Å². The molecule has 6 heteroatoms. The molecule has 0 unspecified atom stereocenters. The van der Waals surface area contributed by atoms with Crippen molar-refractivity contribution in [3.05, 3.63) is 30.1 Å². The maximum absolute atomic E-state index is 14.1. The van der Waals surface area contributed by atoms with Crippen molar-refractivity contribution in [3.8, 4) is 0 Å². The molecule has 0 radical (unpaired) electrons. The Morgan fingerprint density at radius 1 is 1.35 bits per heavy atom. The van der Waals surface area contributed by atoms with Crippen LogP contribution in [-0.4, -0.2) is 34.1 Å². The van der Waals surface area contributed by atoms with E-state index in [1.165, 1.54) is 12.3 Å². The zero-order valence-corrected chi connectivity index (χ0v) is 11.1. The average molecular weight is 284 g/mol. The number of hydrogen-bond donors (Lipinski definition) is 2. The monoisotopic (exact) mass is 284 g/mol. The summed E-state index contributed by atoms with van der Waals surface area (Å²) < 4.78 is 28.2. The topological polar surface area (TPSA) is 62.2 Å². The smallest absolute Gasteiger partial charge is 0.293 e. The molecular formula is C14H18F2N2O2. The second-order valence-electron chi connectivity index (χ2n) is 5.19. The molecule has 110 valence electrons. The van der Waals surface area contributed by atoms with Crippen molar-refractivity contribution in [2.24, 2.45) is 0 Å². The van der Waals surface area contributed by atoms with Gasteiger partial charge in [-0.3, -0.25) is 9.78 Å². The third kappa shape index (κ3) is 3.12. The molecule has 1 amide bonds. The molecule has 1 aliphatic carbocycles. The number of alkyl halides is 2. The summed E-state index contributed by atoms with van der Waals surface area (Å²) in [6.07, 6.45) is 3.58. The van der Waals surface area contributed by atoms with E-state index in [-0.39, 0.29) is 18.5 Å². The highest BCUT2D eigenvalue weighted by Gasteiger charge is 2.52. The molecule has 2 N–H and O–H groups in total. The van der Waals surface area contributed by atoms with Crippen LogP contribution >= 0.6 is 0 Å². The van der Waals surface area contributed by atoms with Gasteiger partial charge >= 0.3 is 0 Å². The fourth-order valence-electron chi connectivity index (χ4n) is 2.45. The zero-order chi connectivity index (χ0) is 14.6. The fourth-order valence-corrected chi connectivity index (χ4v) is 2.45. The van der Waals surface area contributed by atoms with Gasteiger partial charge in [0.1, 0.15) is 11.3 Å². The van der Waals surface area contributed by atoms with Gasteiger partial charge in [-0.2, -0.15) is 0 Å². The lowest BCUT2D eigenvalue weighted by Gasteiger charge is -2.38. The van der Waals surface area contributed by atoms with Crippen LogP contribution in [0, 0.1) is 0 Å². The Morgan fingerprint density at radius 2 is 2.05 bits per heavy atom. The van der Waals surface area contributed by atoms with Crippen LogP contribution in [-0.2, 0) is 0 Å². The molecule has 1 saturated carbocycles. The minimum Gasteiger partial charge on any atom is -0.384 e. The lowest BCUT2D eigenvalue weighted by Crippen LogP contribution is -2.55. The molecule has 4 nitrogen and oxygen atoms in total. The predicted molar refractivity (Wildman–Crippen MR) is 69.6 cm³/mol. The number of aliphatic hydroxyl groups is 1. The van der Waals surface area contributed by atoms with E-state index < -0.39 is 24.0 Å². The van der Waals surface area contributed by atoms with Crippen LogP contribution in [0.15, 0.2) is 24.4 Å². The summed E-state index contributed by atoms with van der Waals surface area (Å²) in [5.41, 5.74) is -1.93. The summed E-state index contributed by atoms with van der Waals surface area (Å²) in [6.45, 7) is -0.876. The molecule has 0 bridgehead atoms. The summed E-state index contributed by atoms with van der Waals surface area (Å²) in [7, 11) is 0. The van der Waals surface area contributed by atoms with Gasteiger partial charge in [0.05, 0.1) is 6.54 Å². The van der Waals surface area contributed by atoms with Gasteiger partial charge in [0.15, 0.2) is 0 Å². The van der Waals surface area contributed by atoms with Crippen molar-refractivity contribution in [3.63, 3.8) is 0 Å². The highest BCUT2D eigenvalue weighted by Crippen LogP contribution is 2.40. The molecule has 2 rings (SSSR count). The molecule has 1 heterocycles. The quantitative estimate of drug-likeness (QED) is 0.890. The van der Waals surface area contributed by atoms with E-state index in [4.69, 9.17) is 0 Å². The van der Waals surface area contributed by atoms with E-state index in [0.717, 1.165) is 6.42 Å². The maximum Gasteiger partial charge on any atom is 0.293 e. The summed E-state index contributed by atoms with van der Waals surface area (Å²) in [5, 5.41) is 12.2. The number of carbonyl (C=O) groups excluding carboxylic acids is 1. The lowest BCUT2D eigenvalue weighted by molar-refractivity contribution is -0.191. The largest absolute Gasteiger partial charge is 0.384 e. The molecule has 1 aromatic heterocycles. The summed E-state index contributed by atoms with van der Waals surface area (Å²) in [6, 6.07) is 4.69. The first-order chi connectivity index (χ1) is 9.45. The zero-order valence-electron chi connectivity index (χ0n) is 11.1. The Kier molecular flexibility index (Phi) is 4.32. The molecule has 20 heavy (non-hydrogen) atoms. The summed E-state index contributed by atoms with van der Waals surface area (Å²) in [4.78, 5) is 15.5. The van der Waals surface area contributed by atoms with Crippen molar-refractivity contribution in [2.75, 3.05) is 6.54 Å². The Labute approximate surface area is 116 Å². The SMILES string of the molecule is O=C(NCC(F)(F)C1(O)CCCCC1)c1ccccn1. The van der Waals surface area contributed by atoms with E-state index in [1.54, 1.807) is 12.1 Å². The number of amides is 1. The predicted octanol–water partition coefficient (Wildman–Crippen LogP) is 2.14. The van der Waals surface area contributed by atoms with Crippen LogP contribution in [0.5, 0.6) is 0 Å². The van der Waals surface area contributed by atoms with Gasteiger partial charge in [0.25, 0.3) is 11.8 Å². The number of aromatic nitrogens is 1. The van der Waals surface area contributed by atoms with Crippen LogP contribution in [0.1, 0.15) is 42.6 Å². The summed E-state index contributed by atoms with van der Waals surface area (Å²) >= 11 is 0. The number of carbonyl (C=O) groups is 1. The molecule has 0 saturated heterocycles. The number of pyridine rings is 1. The number of nitrogens with zero attached hydrogens (tertiary/aromatic N) is 1. The van der Waals surface area contributed by atoms with Crippen molar-refractivity contribution < 1.29 is 18.7 Å². The van der Waals surface area contributed by atoms with E-state index in [9.17, 15) is 18.7 Å². The van der Waals surface area contributed by atoms with Gasteiger partial charge in [-0.15, -0.1) is 0 Å². The van der Waals surface area contributed by atoms with Crippen molar-refractivity contribution in [1.29, 1.82) is 0 Å². The Morgan fingerprint density at radius 3 is 2.65 bits per heavy atom. The van der Waals surface area contributed by atoms with Gasteiger partial charge in [-0.05, 0) is 25.0 Å². The van der Waals surface area contributed by atoms with Crippen LogP contribution in [0.4, 0.5) is 8.78 Å². The maximum atomic E-state index is 14.1. The highest BCUT2D eigenvalue weighted by atomic mass is 19.3. The second kappa shape index (κ2) is 5.83. The first-order valence-corrected chi connectivity index (χ1v) is 6.74. The number of rotatable bonds is 4. The van der Waals surface area contributed by atoms with Crippen LogP contribution in [0.3, 0.4) is 0 Å². The average Bonchev–Trinajstić information content (AvgIpc) is 2.46. The molecule has 0 atom stereocenters. The van der Waals surface area contributed by atoms with E-state index in [0.29, 0.717) is 12.8 Å². The van der Waals surface area contributed by atoms with Crippen molar-refractivity contribution in [2.45, 2.75) is 43.6 Å². The van der Waals surface area contributed by atoms with Crippen molar-refractivity contribution in [1.82, 2.24) is 10.3 Å². The normalized spacial score (nSPS) is 18.6. The molecule has 0 spiro atoms. The minimum atomic E-state index is -3.34. The third-order valence-corrected chi connectivity index (χ3v) is 3.73. The van der Waals surface area contributed by atoms with Gasteiger partial charge < -0.3 is 10.4 Å².